The number of halogens is 6. The van der Waals surface area contributed by atoms with Gasteiger partial charge in [0.2, 0.25) is 11.5 Å². The van der Waals surface area contributed by atoms with Crippen LogP contribution < -0.4 is 9.47 Å². The first-order valence-corrected chi connectivity index (χ1v) is 14.5. The lowest BCUT2D eigenvalue weighted by atomic mass is 10.1. The fourth-order valence-electron chi connectivity index (χ4n) is 3.48. The highest BCUT2D eigenvalue weighted by molar-refractivity contribution is 6.26. The number of rotatable bonds is 15. The van der Waals surface area contributed by atoms with Crippen LogP contribution in [0.15, 0.2) is 29.7 Å². The fraction of sp³-hybridized carbons (Fsp3) is 0.636. The van der Waals surface area contributed by atoms with Gasteiger partial charge in [0.15, 0.2) is 21.3 Å². The molecule has 4 nitrogen and oxygen atoms in total. The van der Waals surface area contributed by atoms with E-state index in [0.29, 0.717) is 19.4 Å². The lowest BCUT2D eigenvalue weighted by Gasteiger charge is -2.24. The van der Waals surface area contributed by atoms with E-state index in [0.717, 1.165) is 40.7 Å². The predicted molar refractivity (Wildman–Crippen MR) is 123 cm³/mol. The molecule has 0 N–H and O–H groups in total. The minimum atomic E-state index is -5.70. The maximum absolute atomic E-state index is 14.5. The molecule has 1 aliphatic carbocycles. The third kappa shape index (κ3) is 6.11. The maximum atomic E-state index is 14.5. The first-order valence-electron chi connectivity index (χ1n) is 11.5. The molecule has 12 heteroatoms. The van der Waals surface area contributed by atoms with Gasteiger partial charge in [-0.15, -0.1) is 0 Å². The quantitative estimate of drug-likeness (QED) is 0.188. The molecule has 0 bridgehead atoms. The van der Waals surface area contributed by atoms with Gasteiger partial charge in [-0.3, -0.25) is 0 Å². The molecule has 0 atom stereocenters. The van der Waals surface area contributed by atoms with Crippen molar-refractivity contribution in [3.8, 4) is 11.5 Å². The Bertz CT molecular complexity index is 836. The molecule has 1 aliphatic rings. The van der Waals surface area contributed by atoms with Crippen LogP contribution in [0.4, 0.5) is 26.3 Å². The molecule has 2 rings (SSSR count). The predicted octanol–water partition coefficient (Wildman–Crippen LogP) is 4.65. The number of unbranched alkanes of at least 4 members (excludes halogenated alkanes) is 2. The molecule has 0 saturated heterocycles. The second-order valence-electron chi connectivity index (χ2n) is 8.03. The van der Waals surface area contributed by atoms with E-state index in [2.05, 4.69) is 0 Å². The van der Waals surface area contributed by atoms with E-state index in [1.165, 1.54) is 19.2 Å². The summed E-state index contributed by atoms with van der Waals surface area (Å²) >= 11 is 0. The van der Waals surface area contributed by atoms with E-state index in [1.54, 1.807) is 6.07 Å². The zero-order chi connectivity index (χ0) is 25.4. The summed E-state index contributed by atoms with van der Waals surface area (Å²) in [6.45, 7) is 2.21. The van der Waals surface area contributed by atoms with Crippen molar-refractivity contribution in [3.63, 3.8) is 0 Å². The molecule has 0 spiro atoms. The Morgan fingerprint density at radius 2 is 1.62 bits per heavy atom. The largest absolute Gasteiger partial charge is 0.493 e. The van der Waals surface area contributed by atoms with E-state index in [9.17, 15) is 26.3 Å². The van der Waals surface area contributed by atoms with Crippen molar-refractivity contribution in [3.05, 3.63) is 35.3 Å². The van der Waals surface area contributed by atoms with Crippen LogP contribution in [0.2, 0.25) is 12.1 Å². The van der Waals surface area contributed by atoms with Gasteiger partial charge in [-0.25, -0.2) is 0 Å². The van der Waals surface area contributed by atoms with Gasteiger partial charge >= 0.3 is 17.8 Å². The standard InChI is InChI=1S/C22H32F6O4Si2/c1-3-31-34-13-7-8-15-9-10-16(17(14-15)29-2)32-19-18(30-11-5-4-6-12-33)20(23,24)22(27,28)21(19,25)26/h9-10,14H,3-8,11-13,34H2,1-2,33H3. The van der Waals surface area contributed by atoms with Crippen molar-refractivity contribution in [2.45, 2.75) is 68.9 Å². The van der Waals surface area contributed by atoms with E-state index in [-0.39, 0.29) is 17.9 Å². The molecule has 0 amide bonds. The van der Waals surface area contributed by atoms with Gasteiger partial charge in [-0.2, -0.15) is 26.3 Å². The van der Waals surface area contributed by atoms with Crippen LogP contribution in [0.25, 0.3) is 0 Å². The third-order valence-corrected chi connectivity index (χ3v) is 7.65. The van der Waals surface area contributed by atoms with E-state index in [4.69, 9.17) is 18.6 Å². The van der Waals surface area contributed by atoms with E-state index >= 15 is 0 Å². The van der Waals surface area contributed by atoms with Gasteiger partial charge < -0.3 is 18.6 Å². The van der Waals surface area contributed by atoms with Gasteiger partial charge in [-0.1, -0.05) is 31.4 Å². The zero-order valence-electron chi connectivity index (χ0n) is 19.7. The van der Waals surface area contributed by atoms with Gasteiger partial charge in [0.25, 0.3) is 0 Å². The molecule has 0 unspecified atom stereocenters. The Morgan fingerprint density at radius 1 is 0.912 bits per heavy atom. The van der Waals surface area contributed by atoms with Crippen LogP contribution in [-0.4, -0.2) is 58.1 Å². The first kappa shape index (κ1) is 28.6. The smallest absolute Gasteiger partial charge is 0.387 e. The monoisotopic (exact) mass is 530 g/mol. The highest BCUT2D eigenvalue weighted by Crippen LogP contribution is 2.59. The van der Waals surface area contributed by atoms with Crippen LogP contribution in [0.3, 0.4) is 0 Å². The normalized spacial score (nSPS) is 18.7. The van der Waals surface area contributed by atoms with Crippen molar-refractivity contribution in [2.75, 3.05) is 20.3 Å². The number of hydrogen-bond acceptors (Lipinski definition) is 4. The minimum Gasteiger partial charge on any atom is -0.493 e. The Balaban J connectivity index is 2.27. The molecule has 194 valence electrons. The van der Waals surface area contributed by atoms with Crippen molar-refractivity contribution in [1.29, 1.82) is 0 Å². The zero-order valence-corrected chi connectivity index (χ0v) is 23.1. The van der Waals surface area contributed by atoms with Crippen LogP contribution >= 0.6 is 0 Å². The first-order chi connectivity index (χ1) is 16.0. The van der Waals surface area contributed by atoms with Crippen LogP contribution in [-0.2, 0) is 15.6 Å². The Hall–Kier alpha value is -1.67. The summed E-state index contributed by atoms with van der Waals surface area (Å²) in [6, 6.07) is 6.23. The Morgan fingerprint density at radius 3 is 2.26 bits per heavy atom. The highest BCUT2D eigenvalue weighted by Gasteiger charge is 2.83. The van der Waals surface area contributed by atoms with Crippen LogP contribution in [0.1, 0.15) is 38.2 Å². The number of methoxy groups -OCH3 is 1. The van der Waals surface area contributed by atoms with Crippen LogP contribution in [0.5, 0.6) is 11.5 Å². The molecule has 0 aromatic heterocycles. The average Bonchev–Trinajstić information content (AvgIpc) is 2.89. The van der Waals surface area contributed by atoms with E-state index in [1.807, 2.05) is 6.92 Å². The fourth-order valence-corrected chi connectivity index (χ4v) is 4.92. The molecule has 0 heterocycles. The van der Waals surface area contributed by atoms with Gasteiger partial charge in [-0.05, 0) is 43.5 Å². The molecule has 0 saturated carbocycles. The number of aryl methyl sites for hydroxylation is 1. The summed E-state index contributed by atoms with van der Waals surface area (Å²) in [4.78, 5) is 0. The van der Waals surface area contributed by atoms with Crippen molar-refractivity contribution in [1.82, 2.24) is 0 Å². The number of allylic oxidation sites excluding steroid dienone is 2. The third-order valence-electron chi connectivity index (χ3n) is 5.46. The highest BCUT2D eigenvalue weighted by atomic mass is 28.2. The molecule has 1 aromatic carbocycles. The summed E-state index contributed by atoms with van der Waals surface area (Å²) in [6.07, 6.45) is 3.22. The summed E-state index contributed by atoms with van der Waals surface area (Å²) in [5, 5.41) is 0. The topological polar surface area (TPSA) is 36.9 Å². The molecule has 1 aromatic rings. The lowest BCUT2D eigenvalue weighted by molar-refractivity contribution is -0.275. The molecular formula is C22H32F6O4Si2. The Labute approximate surface area is 201 Å². The van der Waals surface area contributed by atoms with Crippen molar-refractivity contribution in [2.24, 2.45) is 0 Å². The van der Waals surface area contributed by atoms with Crippen molar-refractivity contribution < 1.29 is 45.0 Å². The number of ether oxygens (including phenoxy) is 3. The molecular weight excluding hydrogens is 498 g/mol. The summed E-state index contributed by atoms with van der Waals surface area (Å²) in [5.74, 6) is -20.3. The average molecular weight is 531 g/mol. The minimum absolute atomic E-state index is 0.0344. The number of alkyl halides is 6. The van der Waals surface area contributed by atoms with Crippen LogP contribution in [0, 0.1) is 0 Å². The van der Waals surface area contributed by atoms with Crippen molar-refractivity contribution >= 4 is 20.0 Å². The summed E-state index contributed by atoms with van der Waals surface area (Å²) < 4.78 is 106. The molecule has 0 fully saturated rings. The second-order valence-corrected chi connectivity index (χ2v) is 10.6. The molecule has 0 radical (unpaired) electrons. The summed E-state index contributed by atoms with van der Waals surface area (Å²) in [7, 11) is 1.62. The second kappa shape index (κ2) is 12.3. The maximum Gasteiger partial charge on any atom is 0.387 e. The van der Waals surface area contributed by atoms with E-state index < -0.39 is 45.7 Å². The Kier molecular flexibility index (Phi) is 10.4. The molecule has 34 heavy (non-hydrogen) atoms. The van der Waals surface area contributed by atoms with Gasteiger partial charge in [0.1, 0.15) is 0 Å². The van der Waals surface area contributed by atoms with Gasteiger partial charge in [0.05, 0.1) is 13.7 Å². The SMILES string of the molecule is CCO[SiH2]CCCc1ccc(OC2=C(OCCCCC[SiH3])C(F)(F)C(F)(F)C2(F)F)c(OC)c1. The summed E-state index contributed by atoms with van der Waals surface area (Å²) in [5.41, 5.74) is 0.799. The molecule has 0 aliphatic heterocycles. The number of hydrogen-bond donors (Lipinski definition) is 0. The van der Waals surface area contributed by atoms with Gasteiger partial charge in [0, 0.05) is 16.8 Å². The number of benzene rings is 1. The lowest BCUT2D eigenvalue weighted by Crippen LogP contribution is -2.49.